The van der Waals surface area contributed by atoms with E-state index in [1.807, 2.05) is 30.5 Å². The van der Waals surface area contributed by atoms with E-state index in [1.54, 1.807) is 6.21 Å². The van der Waals surface area contributed by atoms with Crippen LogP contribution in [0, 0.1) is 0 Å². The number of imidazole rings is 1. The molecule has 0 spiro atoms. The van der Waals surface area contributed by atoms with Crippen molar-refractivity contribution in [3.8, 4) is 17.0 Å². The van der Waals surface area contributed by atoms with E-state index >= 15 is 0 Å². The molecule has 3 aromatic rings. The number of nitrogens with zero attached hydrogens (tertiary/aromatic N) is 4. The number of nitrogens with one attached hydrogen (secondary N) is 2. The number of pyridine rings is 1. The first-order valence-electron chi connectivity index (χ1n) is 10.2. The summed E-state index contributed by atoms with van der Waals surface area (Å²) in [4.78, 5) is 18.5. The number of H-pyrrole nitrogens is 1. The van der Waals surface area contributed by atoms with Crippen LogP contribution in [0.25, 0.3) is 22.8 Å². The molecule has 0 aliphatic carbocycles. The van der Waals surface area contributed by atoms with E-state index in [2.05, 4.69) is 62.2 Å². The van der Waals surface area contributed by atoms with E-state index < -0.39 is 0 Å². The van der Waals surface area contributed by atoms with Gasteiger partial charge in [0.1, 0.15) is 5.69 Å². The summed E-state index contributed by atoms with van der Waals surface area (Å²) in [5, 5.41) is 13.5. The zero-order valence-electron chi connectivity index (χ0n) is 17.3. The Morgan fingerprint density at radius 3 is 2.70 bits per heavy atom. The third-order valence-electron chi connectivity index (χ3n) is 5.24. The number of aromatic hydroxyl groups is 1. The Morgan fingerprint density at radius 2 is 1.93 bits per heavy atom. The molecule has 7 heteroatoms. The first-order chi connectivity index (χ1) is 14.7. The summed E-state index contributed by atoms with van der Waals surface area (Å²) >= 11 is 0. The fourth-order valence-corrected chi connectivity index (χ4v) is 3.47. The summed E-state index contributed by atoms with van der Waals surface area (Å²) < 4.78 is 0. The fraction of sp³-hybridized carbons (Fsp3) is 0.261. The smallest absolute Gasteiger partial charge is 0.238 e. The number of fused-ring (bicyclic) bond motifs is 1. The van der Waals surface area contributed by atoms with E-state index in [1.165, 1.54) is 0 Å². The molecule has 1 aromatic carbocycles. The number of anilines is 1. The average Bonchev–Trinajstić information content (AvgIpc) is 3.34. The van der Waals surface area contributed by atoms with Crippen LogP contribution in [0.1, 0.15) is 25.1 Å². The maximum absolute atomic E-state index is 10.3. The Balaban J connectivity index is 1.53. The van der Waals surface area contributed by atoms with E-state index in [4.69, 9.17) is 0 Å². The number of rotatable bonds is 8. The summed E-state index contributed by atoms with van der Waals surface area (Å²) in [6.45, 7) is 7.97. The average molecular weight is 403 g/mol. The first-order valence-corrected chi connectivity index (χ1v) is 10.2. The summed E-state index contributed by atoms with van der Waals surface area (Å²) in [7, 11) is 0. The lowest BCUT2D eigenvalue weighted by molar-refractivity contribution is 0.316. The standard InChI is InChI=1S/C23H26N6O/c1-3-29(4-2)11-10-24-23-27-20(22(30)28-23)13-18-15-26-21-19(18)12-17(14-25-21)16-8-6-5-7-9-16/h5-9,12-15,30H,3-4,10-11H2,1-2H3,(H2,24,27,28)/b18-13-. The minimum atomic E-state index is -0.0399. The lowest BCUT2D eigenvalue weighted by Crippen LogP contribution is -2.28. The normalized spacial score (nSPS) is 13.9. The highest BCUT2D eigenvalue weighted by Crippen LogP contribution is 2.34. The lowest BCUT2D eigenvalue weighted by Gasteiger charge is -2.17. The molecule has 0 saturated heterocycles. The number of likely N-dealkylation sites (N-methyl/N-ethyl adjacent to an activating group) is 1. The van der Waals surface area contributed by atoms with Crippen molar-refractivity contribution in [1.29, 1.82) is 0 Å². The zero-order chi connectivity index (χ0) is 20.9. The van der Waals surface area contributed by atoms with Gasteiger partial charge >= 0.3 is 0 Å². The van der Waals surface area contributed by atoms with E-state index in [0.29, 0.717) is 17.5 Å². The maximum atomic E-state index is 10.3. The van der Waals surface area contributed by atoms with Crippen LogP contribution in [0.2, 0.25) is 0 Å². The topological polar surface area (TPSA) is 89.4 Å². The molecule has 0 amide bonds. The molecule has 154 valence electrons. The van der Waals surface area contributed by atoms with Gasteiger partial charge in [0.05, 0.1) is 0 Å². The second kappa shape index (κ2) is 8.92. The second-order valence-electron chi connectivity index (χ2n) is 7.10. The van der Waals surface area contributed by atoms with Crippen molar-refractivity contribution in [3.05, 3.63) is 53.9 Å². The van der Waals surface area contributed by atoms with Crippen molar-refractivity contribution in [2.75, 3.05) is 31.5 Å². The third kappa shape index (κ3) is 4.26. The highest BCUT2D eigenvalue weighted by Gasteiger charge is 2.17. The number of aromatic nitrogens is 3. The Bertz CT molecular complexity index is 1070. The van der Waals surface area contributed by atoms with Gasteiger partial charge in [0, 0.05) is 42.2 Å². The highest BCUT2D eigenvalue weighted by atomic mass is 16.3. The minimum Gasteiger partial charge on any atom is -0.492 e. The SMILES string of the molecule is CCN(CC)CCNc1nc(O)c(/C=C2/C=Nc3ncc(-c4ccccc4)cc32)[nH]1. The summed E-state index contributed by atoms with van der Waals surface area (Å²) in [6, 6.07) is 12.2. The molecule has 0 bridgehead atoms. The molecular formula is C23H26N6O. The maximum Gasteiger partial charge on any atom is 0.238 e. The number of benzene rings is 1. The van der Waals surface area contributed by atoms with Crippen LogP contribution in [0.5, 0.6) is 5.88 Å². The first kappa shape index (κ1) is 19.8. The van der Waals surface area contributed by atoms with Crippen molar-refractivity contribution in [3.63, 3.8) is 0 Å². The van der Waals surface area contributed by atoms with Crippen molar-refractivity contribution in [1.82, 2.24) is 19.9 Å². The highest BCUT2D eigenvalue weighted by molar-refractivity contribution is 6.21. The summed E-state index contributed by atoms with van der Waals surface area (Å²) in [5.41, 5.74) is 4.48. The summed E-state index contributed by atoms with van der Waals surface area (Å²) in [6.07, 6.45) is 5.45. The van der Waals surface area contributed by atoms with Crippen molar-refractivity contribution in [2.24, 2.45) is 4.99 Å². The predicted molar refractivity (Wildman–Crippen MR) is 122 cm³/mol. The number of aliphatic imine (C=N–C) groups is 1. The van der Waals surface area contributed by atoms with E-state index in [0.717, 1.165) is 48.4 Å². The molecule has 3 heterocycles. The van der Waals surface area contributed by atoms with Gasteiger partial charge in [-0.15, -0.1) is 0 Å². The molecular weight excluding hydrogens is 376 g/mol. The van der Waals surface area contributed by atoms with Crippen LogP contribution in [0.15, 0.2) is 47.6 Å². The van der Waals surface area contributed by atoms with Crippen molar-refractivity contribution in [2.45, 2.75) is 13.8 Å². The van der Waals surface area contributed by atoms with Crippen molar-refractivity contribution < 1.29 is 5.11 Å². The lowest BCUT2D eigenvalue weighted by atomic mass is 10.0. The van der Waals surface area contributed by atoms with Gasteiger partial charge in [0.25, 0.3) is 0 Å². The van der Waals surface area contributed by atoms with Gasteiger partial charge < -0.3 is 20.3 Å². The Hall–Kier alpha value is -3.45. The van der Waals surface area contributed by atoms with Crippen molar-refractivity contribution >= 4 is 29.6 Å². The molecule has 0 radical (unpaired) electrons. The van der Waals surface area contributed by atoms with Gasteiger partial charge in [0.15, 0.2) is 5.82 Å². The monoisotopic (exact) mass is 402 g/mol. The van der Waals surface area contributed by atoms with Crippen LogP contribution >= 0.6 is 0 Å². The molecule has 7 nitrogen and oxygen atoms in total. The molecule has 0 atom stereocenters. The van der Waals surface area contributed by atoms with Gasteiger partial charge in [-0.1, -0.05) is 44.2 Å². The van der Waals surface area contributed by atoms with Crippen LogP contribution in [-0.4, -0.2) is 57.4 Å². The molecule has 0 fully saturated rings. The Labute approximate surface area is 176 Å². The largest absolute Gasteiger partial charge is 0.492 e. The fourth-order valence-electron chi connectivity index (χ4n) is 3.47. The molecule has 30 heavy (non-hydrogen) atoms. The summed E-state index contributed by atoms with van der Waals surface area (Å²) in [5.74, 6) is 1.19. The van der Waals surface area contributed by atoms with Crippen LogP contribution < -0.4 is 5.32 Å². The van der Waals surface area contributed by atoms with Crippen LogP contribution in [0.3, 0.4) is 0 Å². The van der Waals surface area contributed by atoms with Gasteiger partial charge in [-0.3, -0.25) is 0 Å². The number of allylic oxidation sites excluding steroid dienone is 1. The van der Waals surface area contributed by atoms with Crippen LogP contribution in [0.4, 0.5) is 11.8 Å². The molecule has 2 aromatic heterocycles. The van der Waals surface area contributed by atoms with Gasteiger partial charge in [-0.25, -0.2) is 9.98 Å². The van der Waals surface area contributed by atoms with Crippen LogP contribution in [-0.2, 0) is 0 Å². The van der Waals surface area contributed by atoms with E-state index in [9.17, 15) is 5.11 Å². The third-order valence-corrected chi connectivity index (χ3v) is 5.24. The molecule has 0 unspecified atom stereocenters. The molecule has 4 rings (SSSR count). The molecule has 0 saturated carbocycles. The Kier molecular flexibility index (Phi) is 5.90. The number of hydrogen-bond donors (Lipinski definition) is 3. The van der Waals surface area contributed by atoms with E-state index in [-0.39, 0.29) is 5.88 Å². The second-order valence-corrected chi connectivity index (χ2v) is 7.10. The molecule has 1 aliphatic rings. The van der Waals surface area contributed by atoms with Gasteiger partial charge in [-0.2, -0.15) is 4.98 Å². The minimum absolute atomic E-state index is 0.0399. The number of aromatic amines is 1. The van der Waals surface area contributed by atoms with Gasteiger partial charge in [-0.05, 0) is 30.8 Å². The molecule has 3 N–H and O–H groups in total. The number of hydrogen-bond acceptors (Lipinski definition) is 6. The van der Waals surface area contributed by atoms with Gasteiger partial charge in [0.2, 0.25) is 11.8 Å². The predicted octanol–water partition coefficient (Wildman–Crippen LogP) is 4.19. The molecule has 1 aliphatic heterocycles. The quantitative estimate of drug-likeness (QED) is 0.526. The Morgan fingerprint density at radius 1 is 1.13 bits per heavy atom. The zero-order valence-corrected chi connectivity index (χ0v) is 17.3.